The van der Waals surface area contributed by atoms with Crippen LogP contribution in [-0.4, -0.2) is 60.0 Å². The molecule has 7 N–H and O–H groups in total. The number of aromatic nitrogens is 5. The van der Waals surface area contributed by atoms with Crippen LogP contribution >= 0.6 is 0 Å². The van der Waals surface area contributed by atoms with Gasteiger partial charge in [0.1, 0.15) is 24.2 Å². The fourth-order valence-electron chi connectivity index (χ4n) is 3.35. The Hall–Kier alpha value is -5.48. The molecular weight excluding hydrogens is 504 g/mol. The number of carbonyl (C=O) groups is 1. The molecule has 200 valence electrons. The predicted octanol–water partition coefficient (Wildman–Crippen LogP) is 1.28. The summed E-state index contributed by atoms with van der Waals surface area (Å²) < 4.78 is 6.65. The summed E-state index contributed by atoms with van der Waals surface area (Å²) in [7, 11) is 0. The third kappa shape index (κ3) is 7.75. The molecule has 0 saturated carbocycles. The minimum Gasteiger partial charge on any atom is -0.491 e. The van der Waals surface area contributed by atoms with E-state index in [4.69, 9.17) is 37.3 Å². The number of ether oxygens (including phenoxy) is 1. The Kier molecular flexibility index (Phi) is 9.49. The van der Waals surface area contributed by atoms with E-state index in [2.05, 4.69) is 31.3 Å². The lowest BCUT2D eigenvalue weighted by Gasteiger charge is -2.20. The molecule has 0 aliphatic carbocycles. The summed E-state index contributed by atoms with van der Waals surface area (Å²) in [6, 6.07) is 13.1. The highest BCUT2D eigenvalue weighted by atomic mass is 16.5. The van der Waals surface area contributed by atoms with Crippen molar-refractivity contribution < 1.29 is 19.7 Å². The minimum atomic E-state index is -0.833. The second kappa shape index (κ2) is 13.2. The normalized spacial score (nSPS) is 10.9. The van der Waals surface area contributed by atoms with Gasteiger partial charge in [-0.25, -0.2) is 14.8 Å². The Balaban J connectivity index is 0.000000983. The van der Waals surface area contributed by atoms with Gasteiger partial charge in [-0.3, -0.25) is 15.2 Å². The number of nitrogen functional groups attached to an aromatic ring is 1. The smallest absolute Gasteiger partial charge is 0.350 e. The Bertz CT molecular complexity index is 1520. The van der Waals surface area contributed by atoms with Gasteiger partial charge < -0.3 is 26.0 Å². The van der Waals surface area contributed by atoms with E-state index in [0.29, 0.717) is 28.1 Å². The van der Waals surface area contributed by atoms with Crippen molar-refractivity contribution in [3.63, 3.8) is 0 Å². The zero-order chi connectivity index (χ0) is 28.4. The van der Waals surface area contributed by atoms with Crippen molar-refractivity contribution in [3.05, 3.63) is 93.9 Å². The number of amidine groups is 1. The predicted molar refractivity (Wildman–Crippen MR) is 143 cm³/mol. The molecule has 0 fully saturated rings. The molecular formula is C26H26N8O5. The highest BCUT2D eigenvalue weighted by Crippen LogP contribution is 2.28. The van der Waals surface area contributed by atoms with Gasteiger partial charge in [0, 0.05) is 36.1 Å². The number of nitrogens with one attached hydrogen (secondary N) is 3. The van der Waals surface area contributed by atoms with E-state index in [1.165, 1.54) is 12.4 Å². The van der Waals surface area contributed by atoms with E-state index >= 15 is 0 Å². The van der Waals surface area contributed by atoms with Crippen LogP contribution in [0.2, 0.25) is 0 Å². The summed E-state index contributed by atoms with van der Waals surface area (Å²) in [5.41, 5.74) is 7.48. The van der Waals surface area contributed by atoms with E-state index in [0.717, 1.165) is 11.6 Å². The number of aromatic amines is 1. The molecule has 13 nitrogen and oxygen atoms in total. The Morgan fingerprint density at radius 3 is 2.51 bits per heavy atom. The molecule has 0 saturated heterocycles. The molecule has 2 aromatic carbocycles. The highest BCUT2D eigenvalue weighted by molar-refractivity contribution is 5.95. The number of anilines is 1. The molecule has 1 atom stereocenters. The van der Waals surface area contributed by atoms with Gasteiger partial charge in [0.25, 0.3) is 11.9 Å². The lowest BCUT2D eigenvalue weighted by molar-refractivity contribution is -0.134. The first-order valence-corrected chi connectivity index (χ1v) is 11.4. The van der Waals surface area contributed by atoms with Gasteiger partial charge in [-0.15, -0.1) is 16.2 Å². The van der Waals surface area contributed by atoms with Crippen LogP contribution < -0.4 is 21.5 Å². The Labute approximate surface area is 222 Å². The molecule has 4 rings (SSSR count). The van der Waals surface area contributed by atoms with Gasteiger partial charge in [-0.1, -0.05) is 5.92 Å². The summed E-state index contributed by atoms with van der Waals surface area (Å²) in [6.07, 6.45) is 8.68. The third-order valence-corrected chi connectivity index (χ3v) is 4.95. The second-order valence-electron chi connectivity index (χ2n) is 7.87. The number of hydrogen-bond acceptors (Lipinski definition) is 9. The number of aliphatic hydroxyl groups excluding tert-OH is 1. The molecule has 0 aliphatic heterocycles. The topological polar surface area (TPSA) is 205 Å². The first-order chi connectivity index (χ1) is 18.7. The maximum atomic E-state index is 12.7. The number of nitrogens with zero attached hydrogens (tertiary/aromatic N) is 4. The largest absolute Gasteiger partial charge is 0.491 e. The molecule has 0 amide bonds. The number of rotatable bonds is 9. The SMILES string of the molecule is C#Cc1cc(OCCO)cc([C@H](Nc2ccc(C(=N)N)cc2)c2nn(-c3ncccn3)c(=O)[nH]2)c1.CC(=O)O. The van der Waals surface area contributed by atoms with E-state index in [1.54, 1.807) is 48.5 Å². The number of hydrogen-bond donors (Lipinski definition) is 6. The van der Waals surface area contributed by atoms with Crippen LogP contribution in [0.25, 0.3) is 5.95 Å². The van der Waals surface area contributed by atoms with Crippen LogP contribution in [0.3, 0.4) is 0 Å². The summed E-state index contributed by atoms with van der Waals surface area (Å²) in [5, 5.41) is 31.9. The van der Waals surface area contributed by atoms with Crippen molar-refractivity contribution in [1.82, 2.24) is 24.7 Å². The number of carboxylic acids is 1. The van der Waals surface area contributed by atoms with Crippen molar-refractivity contribution in [1.29, 1.82) is 5.41 Å². The monoisotopic (exact) mass is 530 g/mol. The molecule has 0 spiro atoms. The zero-order valence-electron chi connectivity index (χ0n) is 20.8. The number of aliphatic hydroxyl groups is 1. The molecule has 4 aromatic rings. The molecule has 0 radical (unpaired) electrons. The summed E-state index contributed by atoms with van der Waals surface area (Å²) in [6.45, 7) is 1.02. The number of H-pyrrole nitrogens is 1. The molecule has 0 bridgehead atoms. The second-order valence-corrected chi connectivity index (χ2v) is 7.87. The number of nitrogens with two attached hydrogens (primary N) is 1. The maximum Gasteiger partial charge on any atom is 0.350 e. The number of aliphatic carboxylic acids is 1. The summed E-state index contributed by atoms with van der Waals surface area (Å²) in [5.74, 6) is 2.56. The van der Waals surface area contributed by atoms with Crippen molar-refractivity contribution in [2.45, 2.75) is 13.0 Å². The fourth-order valence-corrected chi connectivity index (χ4v) is 3.35. The van der Waals surface area contributed by atoms with E-state index in [9.17, 15) is 4.79 Å². The lowest BCUT2D eigenvalue weighted by atomic mass is 10.0. The van der Waals surface area contributed by atoms with Gasteiger partial charge in [-0.05, 0) is 54.1 Å². The molecule has 13 heteroatoms. The standard InChI is InChI=1S/C24H22N8O3.C2H4O2/c1-2-15-12-17(14-19(13-15)35-11-10-33)20(29-18-6-4-16(5-7-18)21(25)26)22-30-24(34)32(31-22)23-27-8-3-9-28-23;1-2(3)4/h1,3-9,12-14,20,29,33H,10-11H2,(H3,25,26)(H,30,31,34);1H3,(H,3,4)/t20-;/m0./s1. The van der Waals surface area contributed by atoms with Crippen molar-refractivity contribution in [2.75, 3.05) is 18.5 Å². The molecule has 0 unspecified atom stereocenters. The first-order valence-electron chi connectivity index (χ1n) is 11.4. The molecule has 39 heavy (non-hydrogen) atoms. The van der Waals surface area contributed by atoms with Crippen LogP contribution in [0.4, 0.5) is 5.69 Å². The van der Waals surface area contributed by atoms with Crippen LogP contribution in [0.5, 0.6) is 5.75 Å². The summed E-state index contributed by atoms with van der Waals surface area (Å²) >= 11 is 0. The van der Waals surface area contributed by atoms with Crippen LogP contribution in [0.1, 0.15) is 35.5 Å². The van der Waals surface area contributed by atoms with Crippen molar-refractivity contribution >= 4 is 17.5 Å². The Morgan fingerprint density at radius 1 is 1.26 bits per heavy atom. The number of carboxylic acid groups (broad SMARTS) is 1. The number of terminal acetylenes is 1. The van der Waals surface area contributed by atoms with E-state index < -0.39 is 17.7 Å². The van der Waals surface area contributed by atoms with Gasteiger partial charge >= 0.3 is 5.69 Å². The van der Waals surface area contributed by atoms with Crippen LogP contribution in [0.15, 0.2) is 65.7 Å². The Morgan fingerprint density at radius 2 is 1.92 bits per heavy atom. The van der Waals surface area contributed by atoms with E-state index in [1.807, 2.05) is 0 Å². The van der Waals surface area contributed by atoms with Gasteiger partial charge in [0.05, 0.1) is 6.61 Å². The van der Waals surface area contributed by atoms with Crippen molar-refractivity contribution in [3.8, 4) is 24.0 Å². The van der Waals surface area contributed by atoms with Gasteiger partial charge in [0.15, 0.2) is 5.82 Å². The quantitative estimate of drug-likeness (QED) is 0.104. The first kappa shape index (κ1) is 28.1. The van der Waals surface area contributed by atoms with Crippen molar-refractivity contribution in [2.24, 2.45) is 5.73 Å². The molecule has 2 heterocycles. The van der Waals surface area contributed by atoms with Crippen LogP contribution in [-0.2, 0) is 4.79 Å². The van der Waals surface area contributed by atoms with E-state index in [-0.39, 0.29) is 30.8 Å². The minimum absolute atomic E-state index is 0.0496. The highest BCUT2D eigenvalue weighted by Gasteiger charge is 2.22. The molecule has 2 aromatic heterocycles. The van der Waals surface area contributed by atoms with Gasteiger partial charge in [-0.2, -0.15) is 0 Å². The average Bonchev–Trinajstić information content (AvgIpc) is 3.31. The van der Waals surface area contributed by atoms with Crippen LogP contribution in [0, 0.1) is 17.8 Å². The molecule has 0 aliphatic rings. The van der Waals surface area contributed by atoms with Gasteiger partial charge in [0.2, 0.25) is 0 Å². The number of benzene rings is 2. The maximum absolute atomic E-state index is 12.7. The third-order valence-electron chi connectivity index (χ3n) is 4.95. The fraction of sp³-hybridized carbons (Fsp3) is 0.154. The zero-order valence-corrected chi connectivity index (χ0v) is 20.8. The lowest BCUT2D eigenvalue weighted by Crippen LogP contribution is -2.18. The summed E-state index contributed by atoms with van der Waals surface area (Å²) in [4.78, 5) is 32.6. The average molecular weight is 531 g/mol.